The second kappa shape index (κ2) is 6.01. The lowest BCUT2D eigenvalue weighted by atomic mass is 10.3. The van der Waals surface area contributed by atoms with Gasteiger partial charge in [0.05, 0.1) is 6.10 Å². The number of hydroxylamine groups is 1. The fourth-order valence-electron chi connectivity index (χ4n) is 0.664. The minimum absolute atomic E-state index is 0.292. The Bertz CT molecular complexity index is 53.0. The van der Waals surface area contributed by atoms with Crippen LogP contribution in [0.25, 0.3) is 0 Å². The van der Waals surface area contributed by atoms with E-state index in [1.54, 1.807) is 7.05 Å². The van der Waals surface area contributed by atoms with Crippen molar-refractivity contribution in [3.05, 3.63) is 0 Å². The Kier molecular flexibility index (Phi) is 5.93. The van der Waals surface area contributed by atoms with Gasteiger partial charge in [-0.25, -0.2) is 5.48 Å². The van der Waals surface area contributed by atoms with Crippen LogP contribution < -0.4 is 10.8 Å². The van der Waals surface area contributed by atoms with Crippen molar-refractivity contribution in [2.75, 3.05) is 20.6 Å². The van der Waals surface area contributed by atoms with Crippen molar-refractivity contribution in [1.29, 1.82) is 0 Å². The van der Waals surface area contributed by atoms with Gasteiger partial charge < -0.3 is 5.32 Å². The van der Waals surface area contributed by atoms with Crippen LogP contribution in [0.15, 0.2) is 0 Å². The molecule has 0 aromatic heterocycles. The average molecular weight is 132 g/mol. The Labute approximate surface area is 56.7 Å². The van der Waals surface area contributed by atoms with Gasteiger partial charge in [-0.2, -0.15) is 0 Å². The first kappa shape index (κ1) is 8.88. The predicted octanol–water partition coefficient (Wildman–Crippen LogP) is 0.135. The molecule has 0 rings (SSSR count). The highest BCUT2D eigenvalue weighted by molar-refractivity contribution is 4.54. The van der Waals surface area contributed by atoms with E-state index in [2.05, 4.69) is 17.7 Å². The zero-order chi connectivity index (χ0) is 7.11. The zero-order valence-corrected chi connectivity index (χ0v) is 6.40. The molecule has 1 unspecified atom stereocenters. The lowest BCUT2D eigenvalue weighted by Gasteiger charge is -2.12. The molecular formula is C6H16N2O. The van der Waals surface area contributed by atoms with Crippen molar-refractivity contribution < 1.29 is 4.84 Å². The molecule has 0 fully saturated rings. The summed E-state index contributed by atoms with van der Waals surface area (Å²) in [5.74, 6) is 0. The van der Waals surface area contributed by atoms with Gasteiger partial charge in [-0.05, 0) is 13.5 Å². The highest BCUT2D eigenvalue weighted by Gasteiger charge is 2.01. The van der Waals surface area contributed by atoms with Gasteiger partial charge in [-0.3, -0.25) is 4.84 Å². The molecule has 2 N–H and O–H groups in total. The summed E-state index contributed by atoms with van der Waals surface area (Å²) in [5.41, 5.74) is 2.66. The third-order valence-corrected chi connectivity index (χ3v) is 1.17. The Hall–Kier alpha value is -0.120. The number of hydrogen-bond donors (Lipinski definition) is 2. The summed E-state index contributed by atoms with van der Waals surface area (Å²) in [5, 5.41) is 3.04. The van der Waals surface area contributed by atoms with Gasteiger partial charge in [-0.1, -0.05) is 6.92 Å². The summed E-state index contributed by atoms with van der Waals surface area (Å²) in [7, 11) is 3.69. The predicted molar refractivity (Wildman–Crippen MR) is 38.2 cm³/mol. The van der Waals surface area contributed by atoms with Crippen molar-refractivity contribution in [2.45, 2.75) is 19.4 Å². The van der Waals surface area contributed by atoms with E-state index >= 15 is 0 Å². The van der Waals surface area contributed by atoms with Crippen LogP contribution in [0.3, 0.4) is 0 Å². The number of likely N-dealkylation sites (N-methyl/N-ethyl adjacent to an activating group) is 1. The molecule has 0 spiro atoms. The standard InChI is InChI=1S/C6H16N2O/c1-4-6(5-7-2)9-8-3/h6-8H,4-5H2,1-3H3. The number of rotatable bonds is 5. The molecule has 0 saturated carbocycles. The Balaban J connectivity index is 3.18. The molecule has 56 valence electrons. The second-order valence-corrected chi connectivity index (χ2v) is 1.91. The SMILES string of the molecule is CCC(CNC)ONC. The lowest BCUT2D eigenvalue weighted by molar-refractivity contribution is -0.0118. The van der Waals surface area contributed by atoms with E-state index in [9.17, 15) is 0 Å². The van der Waals surface area contributed by atoms with Crippen LogP contribution in [0.5, 0.6) is 0 Å². The quantitative estimate of drug-likeness (QED) is 0.522. The fourth-order valence-corrected chi connectivity index (χ4v) is 0.664. The van der Waals surface area contributed by atoms with Crippen molar-refractivity contribution in [1.82, 2.24) is 10.8 Å². The smallest absolute Gasteiger partial charge is 0.0911 e. The molecule has 0 saturated heterocycles. The van der Waals surface area contributed by atoms with Crippen LogP contribution in [-0.2, 0) is 4.84 Å². The lowest BCUT2D eigenvalue weighted by Crippen LogP contribution is -2.29. The Morgan fingerprint density at radius 2 is 2.11 bits per heavy atom. The highest BCUT2D eigenvalue weighted by atomic mass is 16.7. The van der Waals surface area contributed by atoms with Gasteiger partial charge in [0.25, 0.3) is 0 Å². The summed E-state index contributed by atoms with van der Waals surface area (Å²) in [6.07, 6.45) is 1.32. The molecule has 9 heavy (non-hydrogen) atoms. The maximum atomic E-state index is 5.12. The summed E-state index contributed by atoms with van der Waals surface area (Å²) in [4.78, 5) is 5.12. The minimum atomic E-state index is 0.292. The van der Waals surface area contributed by atoms with Gasteiger partial charge in [0, 0.05) is 13.6 Å². The maximum absolute atomic E-state index is 5.12. The number of hydrogen-bond acceptors (Lipinski definition) is 3. The molecule has 3 nitrogen and oxygen atoms in total. The largest absolute Gasteiger partial charge is 0.317 e. The highest BCUT2D eigenvalue weighted by Crippen LogP contribution is 1.91. The summed E-state index contributed by atoms with van der Waals surface area (Å²) in [6, 6.07) is 0. The zero-order valence-electron chi connectivity index (χ0n) is 6.40. The molecule has 0 aliphatic rings. The first-order valence-electron chi connectivity index (χ1n) is 3.32. The molecule has 0 heterocycles. The monoisotopic (exact) mass is 132 g/mol. The average Bonchev–Trinajstić information content (AvgIpc) is 1.88. The van der Waals surface area contributed by atoms with Crippen LogP contribution in [0.1, 0.15) is 13.3 Å². The van der Waals surface area contributed by atoms with E-state index in [4.69, 9.17) is 4.84 Å². The molecule has 0 radical (unpaired) electrons. The Morgan fingerprint density at radius 3 is 2.44 bits per heavy atom. The first-order valence-corrected chi connectivity index (χ1v) is 3.32. The second-order valence-electron chi connectivity index (χ2n) is 1.91. The van der Waals surface area contributed by atoms with Gasteiger partial charge in [0.15, 0.2) is 0 Å². The van der Waals surface area contributed by atoms with E-state index in [-0.39, 0.29) is 0 Å². The molecule has 0 aliphatic heterocycles. The molecule has 0 aromatic rings. The van der Waals surface area contributed by atoms with Crippen LogP contribution in [-0.4, -0.2) is 26.7 Å². The third kappa shape index (κ3) is 4.39. The first-order chi connectivity index (χ1) is 4.35. The molecule has 1 atom stereocenters. The topological polar surface area (TPSA) is 33.3 Å². The van der Waals surface area contributed by atoms with Gasteiger partial charge in [0.1, 0.15) is 0 Å². The van der Waals surface area contributed by atoms with Crippen LogP contribution >= 0.6 is 0 Å². The van der Waals surface area contributed by atoms with Crippen molar-refractivity contribution in [2.24, 2.45) is 0 Å². The maximum Gasteiger partial charge on any atom is 0.0911 e. The van der Waals surface area contributed by atoms with E-state index in [1.807, 2.05) is 7.05 Å². The fraction of sp³-hybridized carbons (Fsp3) is 1.00. The molecule has 0 bridgehead atoms. The van der Waals surface area contributed by atoms with Gasteiger partial charge in [-0.15, -0.1) is 0 Å². The van der Waals surface area contributed by atoms with Crippen LogP contribution in [0.2, 0.25) is 0 Å². The van der Waals surface area contributed by atoms with Gasteiger partial charge >= 0.3 is 0 Å². The normalized spacial score (nSPS) is 13.7. The molecule has 0 aromatic carbocycles. The van der Waals surface area contributed by atoms with Gasteiger partial charge in [0.2, 0.25) is 0 Å². The molecular weight excluding hydrogens is 116 g/mol. The number of nitrogens with one attached hydrogen (secondary N) is 2. The Morgan fingerprint density at radius 1 is 1.44 bits per heavy atom. The van der Waals surface area contributed by atoms with E-state index in [0.29, 0.717) is 6.10 Å². The van der Waals surface area contributed by atoms with E-state index in [0.717, 1.165) is 13.0 Å². The third-order valence-electron chi connectivity index (χ3n) is 1.17. The molecule has 0 amide bonds. The van der Waals surface area contributed by atoms with Crippen LogP contribution in [0.4, 0.5) is 0 Å². The van der Waals surface area contributed by atoms with Crippen molar-refractivity contribution in [3.8, 4) is 0 Å². The summed E-state index contributed by atoms with van der Waals surface area (Å²) >= 11 is 0. The molecule has 0 aliphatic carbocycles. The summed E-state index contributed by atoms with van der Waals surface area (Å²) < 4.78 is 0. The minimum Gasteiger partial charge on any atom is -0.317 e. The van der Waals surface area contributed by atoms with Crippen molar-refractivity contribution in [3.63, 3.8) is 0 Å². The van der Waals surface area contributed by atoms with Crippen molar-refractivity contribution >= 4 is 0 Å². The van der Waals surface area contributed by atoms with E-state index < -0.39 is 0 Å². The molecule has 3 heteroatoms. The van der Waals surface area contributed by atoms with Crippen LogP contribution in [0, 0.1) is 0 Å². The van der Waals surface area contributed by atoms with E-state index in [1.165, 1.54) is 0 Å². The summed E-state index contributed by atoms with van der Waals surface area (Å²) in [6.45, 7) is 3.00.